The van der Waals surface area contributed by atoms with E-state index in [-0.39, 0.29) is 18.0 Å². The Morgan fingerprint density at radius 3 is 2.94 bits per heavy atom. The first-order chi connectivity index (χ1) is 15.0. The second-order valence-electron chi connectivity index (χ2n) is 7.20. The van der Waals surface area contributed by atoms with Crippen molar-refractivity contribution >= 4 is 11.7 Å². The number of anilines is 1. The van der Waals surface area contributed by atoms with Gasteiger partial charge in [0.15, 0.2) is 6.33 Å². The van der Waals surface area contributed by atoms with Crippen molar-refractivity contribution in [2.24, 2.45) is 0 Å². The molecule has 1 aromatic carbocycles. The number of halogens is 2. The maximum Gasteiger partial charge on any atom is 0.272 e. The van der Waals surface area contributed by atoms with Crippen molar-refractivity contribution in [2.45, 2.75) is 31.9 Å². The largest absolute Gasteiger partial charge is 0.487 e. The maximum atomic E-state index is 13.3. The highest BCUT2D eigenvalue weighted by Crippen LogP contribution is 2.25. The van der Waals surface area contributed by atoms with E-state index in [4.69, 9.17) is 4.74 Å². The fraction of sp³-hybridized carbons (Fsp3) is 0.350. The Kier molecular flexibility index (Phi) is 6.01. The fourth-order valence-corrected chi connectivity index (χ4v) is 3.63. The Hall–Kier alpha value is -3.63. The first kappa shape index (κ1) is 20.6. The van der Waals surface area contributed by atoms with E-state index in [9.17, 15) is 13.6 Å². The third-order valence-corrected chi connectivity index (χ3v) is 4.99. The number of alkyl halides is 2. The molecular weight excluding hydrogens is 408 g/mol. The average molecular weight is 429 g/mol. The summed E-state index contributed by atoms with van der Waals surface area (Å²) in [6.45, 7) is 1.76. The van der Waals surface area contributed by atoms with E-state index in [0.29, 0.717) is 35.8 Å². The minimum absolute atomic E-state index is 0.0139. The number of nitrogens with zero attached hydrogens (tertiary/aromatic N) is 6. The monoisotopic (exact) mass is 429 g/mol. The van der Waals surface area contributed by atoms with Crippen LogP contribution >= 0.6 is 0 Å². The number of nitrogens with one attached hydrogen (secondary N) is 1. The number of ether oxygens (including phenoxy) is 1. The maximum absolute atomic E-state index is 13.3. The number of carbonyl (C=O) groups is 1. The number of hydrogen-bond acceptors (Lipinski definition) is 7. The molecule has 1 aliphatic heterocycles. The molecule has 2 aromatic heterocycles. The van der Waals surface area contributed by atoms with E-state index in [1.165, 1.54) is 23.4 Å². The highest BCUT2D eigenvalue weighted by Gasteiger charge is 2.34. The zero-order valence-corrected chi connectivity index (χ0v) is 16.7. The molecule has 3 aromatic rings. The summed E-state index contributed by atoms with van der Waals surface area (Å²) in [7, 11) is 0. The minimum Gasteiger partial charge on any atom is -0.487 e. The third kappa shape index (κ3) is 4.76. The topological polar surface area (TPSA) is 98.1 Å². The summed E-state index contributed by atoms with van der Waals surface area (Å²) in [5, 5.41) is 14.9. The molecular formula is C20H21F2N7O2. The van der Waals surface area contributed by atoms with E-state index in [1.54, 1.807) is 29.2 Å². The Morgan fingerprint density at radius 2 is 2.16 bits per heavy atom. The first-order valence-electron chi connectivity index (χ1n) is 9.78. The quantitative estimate of drug-likeness (QED) is 0.616. The molecule has 3 heterocycles. The summed E-state index contributed by atoms with van der Waals surface area (Å²) in [5.41, 5.74) is 1.03. The van der Waals surface area contributed by atoms with Crippen molar-refractivity contribution in [3.05, 3.63) is 54.5 Å². The van der Waals surface area contributed by atoms with Gasteiger partial charge in [0.05, 0.1) is 5.56 Å². The van der Waals surface area contributed by atoms with Crippen LogP contribution in [0.15, 0.2) is 48.9 Å². The van der Waals surface area contributed by atoms with Gasteiger partial charge in [0.1, 0.15) is 23.9 Å². The van der Waals surface area contributed by atoms with E-state index >= 15 is 0 Å². The summed E-state index contributed by atoms with van der Waals surface area (Å²) in [5.74, 6) is 0.684. The minimum atomic E-state index is -2.55. The Morgan fingerprint density at radius 1 is 1.32 bits per heavy atom. The Labute approximate surface area is 177 Å². The summed E-state index contributed by atoms with van der Waals surface area (Å²) in [4.78, 5) is 20.6. The number of aromatic nitrogens is 5. The lowest BCUT2D eigenvalue weighted by Crippen LogP contribution is -2.35. The van der Waals surface area contributed by atoms with Gasteiger partial charge in [-0.3, -0.25) is 4.79 Å². The highest BCUT2D eigenvalue weighted by molar-refractivity contribution is 5.98. The van der Waals surface area contributed by atoms with Crippen LogP contribution in [0.4, 0.5) is 14.6 Å². The van der Waals surface area contributed by atoms with Gasteiger partial charge >= 0.3 is 0 Å². The van der Waals surface area contributed by atoms with Crippen molar-refractivity contribution in [3.63, 3.8) is 0 Å². The standard InChI is InChI=1S/C20H21F2N7O2/c1-13-8-14(26-19-9-15(6-7-23-19)31-11-18(21)22)10-28(13)20(30)16-4-2-3-5-17(16)29-25-12-24-27-29/h2-7,9,12-14,18H,8,10-11H2,1H3,(H,23,26)/t13-,14-/m1/s1. The van der Waals surface area contributed by atoms with Crippen molar-refractivity contribution in [1.29, 1.82) is 0 Å². The molecule has 0 spiro atoms. The number of pyridine rings is 1. The SMILES string of the molecule is C[C@@H]1C[C@@H](Nc2cc(OCC(F)F)ccn2)CN1C(=O)c1ccccc1-n1ncnn1. The molecule has 1 aliphatic rings. The van der Waals surface area contributed by atoms with Crippen LogP contribution in [0.1, 0.15) is 23.7 Å². The number of para-hydroxylation sites is 1. The normalized spacial score (nSPS) is 18.4. The molecule has 0 bridgehead atoms. The van der Waals surface area contributed by atoms with Gasteiger partial charge in [0.25, 0.3) is 12.3 Å². The van der Waals surface area contributed by atoms with Crippen LogP contribution in [0.2, 0.25) is 0 Å². The van der Waals surface area contributed by atoms with Crippen LogP contribution < -0.4 is 10.1 Å². The molecule has 0 unspecified atom stereocenters. The lowest BCUT2D eigenvalue weighted by Gasteiger charge is -2.22. The molecule has 2 atom stereocenters. The second-order valence-corrected chi connectivity index (χ2v) is 7.20. The number of amides is 1. The lowest BCUT2D eigenvalue weighted by molar-refractivity contribution is 0.0746. The molecule has 0 aliphatic carbocycles. The predicted octanol–water partition coefficient (Wildman–Crippen LogP) is 2.42. The Balaban J connectivity index is 1.45. The summed E-state index contributed by atoms with van der Waals surface area (Å²) in [6.07, 6.45) is 0.965. The summed E-state index contributed by atoms with van der Waals surface area (Å²) >= 11 is 0. The van der Waals surface area contributed by atoms with Gasteiger partial charge in [-0.2, -0.15) is 0 Å². The zero-order valence-electron chi connectivity index (χ0n) is 16.7. The van der Waals surface area contributed by atoms with Crippen LogP contribution in [-0.4, -0.2) is 67.7 Å². The highest BCUT2D eigenvalue weighted by atomic mass is 19.3. The van der Waals surface area contributed by atoms with Crippen molar-refractivity contribution in [1.82, 2.24) is 30.1 Å². The Bertz CT molecular complexity index is 1030. The fourth-order valence-electron chi connectivity index (χ4n) is 3.63. The molecule has 9 nitrogen and oxygen atoms in total. The van der Waals surface area contributed by atoms with Crippen LogP contribution in [0.3, 0.4) is 0 Å². The zero-order chi connectivity index (χ0) is 21.8. The van der Waals surface area contributed by atoms with Crippen LogP contribution in [-0.2, 0) is 0 Å². The molecule has 1 amide bonds. The van der Waals surface area contributed by atoms with Gasteiger partial charge in [-0.1, -0.05) is 12.1 Å². The van der Waals surface area contributed by atoms with Crippen LogP contribution in [0.25, 0.3) is 5.69 Å². The first-order valence-corrected chi connectivity index (χ1v) is 9.78. The van der Waals surface area contributed by atoms with Gasteiger partial charge in [-0.15, -0.1) is 15.0 Å². The van der Waals surface area contributed by atoms with Crippen molar-refractivity contribution in [3.8, 4) is 11.4 Å². The molecule has 162 valence electrons. The van der Waals surface area contributed by atoms with Crippen molar-refractivity contribution < 1.29 is 18.3 Å². The number of tetrazole rings is 1. The van der Waals surface area contributed by atoms with Crippen LogP contribution in [0, 0.1) is 0 Å². The number of carbonyl (C=O) groups excluding carboxylic acids is 1. The number of hydrogen-bond donors (Lipinski definition) is 1. The third-order valence-electron chi connectivity index (χ3n) is 4.99. The van der Waals surface area contributed by atoms with E-state index in [0.717, 1.165) is 0 Å². The van der Waals surface area contributed by atoms with E-state index in [1.807, 2.05) is 13.0 Å². The molecule has 0 radical (unpaired) electrons. The average Bonchev–Trinajstić information content (AvgIpc) is 3.42. The van der Waals surface area contributed by atoms with Crippen LogP contribution in [0.5, 0.6) is 5.75 Å². The van der Waals surface area contributed by atoms with Crippen molar-refractivity contribution in [2.75, 3.05) is 18.5 Å². The molecule has 0 saturated carbocycles. The lowest BCUT2D eigenvalue weighted by atomic mass is 10.1. The predicted molar refractivity (Wildman–Crippen MR) is 107 cm³/mol. The van der Waals surface area contributed by atoms with E-state index < -0.39 is 13.0 Å². The molecule has 1 fully saturated rings. The molecule has 1 saturated heterocycles. The van der Waals surface area contributed by atoms with Gasteiger partial charge in [0.2, 0.25) is 0 Å². The summed E-state index contributed by atoms with van der Waals surface area (Å²) < 4.78 is 29.8. The van der Waals surface area contributed by atoms with E-state index in [2.05, 4.69) is 25.7 Å². The molecule has 4 rings (SSSR count). The number of benzene rings is 1. The number of likely N-dealkylation sites (tertiary alicyclic amines) is 1. The smallest absolute Gasteiger partial charge is 0.272 e. The van der Waals surface area contributed by atoms with Gasteiger partial charge in [0, 0.05) is 30.9 Å². The molecule has 31 heavy (non-hydrogen) atoms. The van der Waals surface area contributed by atoms with Gasteiger partial charge in [-0.05, 0) is 36.8 Å². The summed E-state index contributed by atoms with van der Waals surface area (Å²) in [6, 6.07) is 10.1. The second kappa shape index (κ2) is 9.02. The van der Waals surface area contributed by atoms with Gasteiger partial charge in [-0.25, -0.2) is 13.8 Å². The molecule has 1 N–H and O–H groups in total. The van der Waals surface area contributed by atoms with Gasteiger partial charge < -0.3 is 15.0 Å². The molecule has 11 heteroatoms. The number of rotatable bonds is 7.